The Hall–Kier alpha value is -2.38. The summed E-state index contributed by atoms with van der Waals surface area (Å²) in [5.41, 5.74) is 0.827. The number of aliphatic hydroxyl groups excluding tert-OH is 1. The molecule has 0 unspecified atom stereocenters. The predicted octanol–water partition coefficient (Wildman–Crippen LogP) is 2.82. The van der Waals surface area contributed by atoms with Gasteiger partial charge in [-0.3, -0.25) is 10.1 Å². The monoisotopic (exact) mass is 347 g/mol. The summed E-state index contributed by atoms with van der Waals surface area (Å²) in [6.07, 6.45) is 0.213. The molecule has 2 aromatic rings. The smallest absolute Gasteiger partial charge is 0.324 e. The molecule has 3 amide bonds. The van der Waals surface area contributed by atoms with E-state index in [1.54, 1.807) is 38.1 Å². The highest BCUT2D eigenvalue weighted by atomic mass is 32.1. The summed E-state index contributed by atoms with van der Waals surface area (Å²) < 4.78 is 0. The third kappa shape index (κ3) is 5.68. The predicted molar refractivity (Wildman–Crippen MR) is 96.4 cm³/mol. The van der Waals surface area contributed by atoms with Gasteiger partial charge in [-0.25, -0.2) is 4.79 Å². The molecule has 2 rings (SSSR count). The first-order valence-electron chi connectivity index (χ1n) is 7.50. The first-order chi connectivity index (χ1) is 11.4. The van der Waals surface area contributed by atoms with Crippen molar-refractivity contribution in [3.05, 3.63) is 47.3 Å². The molecule has 0 aliphatic carbocycles. The van der Waals surface area contributed by atoms with Crippen LogP contribution in [0.5, 0.6) is 0 Å². The van der Waals surface area contributed by atoms with Gasteiger partial charge in [-0.05, 0) is 49.1 Å². The molecule has 128 valence electrons. The Morgan fingerprint density at radius 2 is 1.83 bits per heavy atom. The van der Waals surface area contributed by atoms with E-state index < -0.39 is 5.54 Å². The fraction of sp³-hybridized carbons (Fsp3) is 0.294. The quantitative estimate of drug-likeness (QED) is 0.648. The fourth-order valence-corrected chi connectivity index (χ4v) is 2.59. The molecule has 0 atom stereocenters. The standard InChI is InChI=1S/C17H21N3O3S/c1-17(2,11-21)20-14(22)10-12-5-7-13(8-6-12)18-16(23)19-15-4-3-9-24-15/h3-9,21H,10-11H2,1-2H3,(H,20,22)(H2,18,19,23). The highest BCUT2D eigenvalue weighted by Crippen LogP contribution is 2.16. The van der Waals surface area contributed by atoms with Gasteiger partial charge in [0, 0.05) is 5.69 Å². The Balaban J connectivity index is 1.86. The molecule has 6 nitrogen and oxygen atoms in total. The molecule has 0 aliphatic rings. The summed E-state index contributed by atoms with van der Waals surface area (Å²) in [5.74, 6) is -0.162. The lowest BCUT2D eigenvalue weighted by Gasteiger charge is -2.23. The van der Waals surface area contributed by atoms with E-state index in [2.05, 4.69) is 16.0 Å². The summed E-state index contributed by atoms with van der Waals surface area (Å²) in [5, 5.41) is 20.0. The van der Waals surface area contributed by atoms with Crippen molar-refractivity contribution < 1.29 is 14.7 Å². The maximum atomic E-state index is 11.9. The molecule has 24 heavy (non-hydrogen) atoms. The number of benzene rings is 1. The minimum atomic E-state index is -0.640. The second kappa shape index (κ2) is 7.94. The van der Waals surface area contributed by atoms with Crippen molar-refractivity contribution in [3.63, 3.8) is 0 Å². The van der Waals surface area contributed by atoms with E-state index in [1.807, 2.05) is 17.5 Å². The van der Waals surface area contributed by atoms with Gasteiger partial charge < -0.3 is 15.7 Å². The molecule has 0 radical (unpaired) electrons. The zero-order valence-electron chi connectivity index (χ0n) is 13.6. The maximum absolute atomic E-state index is 11.9. The van der Waals surface area contributed by atoms with E-state index >= 15 is 0 Å². The highest BCUT2D eigenvalue weighted by molar-refractivity contribution is 7.14. The van der Waals surface area contributed by atoms with E-state index in [1.165, 1.54) is 11.3 Å². The van der Waals surface area contributed by atoms with E-state index in [0.29, 0.717) is 5.69 Å². The lowest BCUT2D eigenvalue weighted by molar-refractivity contribution is -0.122. The average Bonchev–Trinajstić information content (AvgIpc) is 3.01. The van der Waals surface area contributed by atoms with E-state index in [0.717, 1.165) is 10.6 Å². The van der Waals surface area contributed by atoms with Crippen LogP contribution in [-0.4, -0.2) is 29.2 Å². The number of hydrogen-bond acceptors (Lipinski definition) is 4. The summed E-state index contributed by atoms with van der Waals surface area (Å²) in [6.45, 7) is 3.38. The maximum Gasteiger partial charge on any atom is 0.324 e. The Morgan fingerprint density at radius 3 is 2.42 bits per heavy atom. The molecular formula is C17H21N3O3S. The third-order valence-electron chi connectivity index (χ3n) is 3.21. The van der Waals surface area contributed by atoms with Crippen LogP contribution in [0.1, 0.15) is 19.4 Å². The van der Waals surface area contributed by atoms with Gasteiger partial charge in [-0.15, -0.1) is 11.3 Å². The van der Waals surface area contributed by atoms with Gasteiger partial charge >= 0.3 is 6.03 Å². The number of aliphatic hydroxyl groups is 1. The van der Waals surface area contributed by atoms with Gasteiger partial charge in [0.05, 0.1) is 23.6 Å². The van der Waals surface area contributed by atoms with Gasteiger partial charge in [-0.2, -0.15) is 0 Å². The van der Waals surface area contributed by atoms with Crippen molar-refractivity contribution in [3.8, 4) is 0 Å². The van der Waals surface area contributed by atoms with Crippen molar-refractivity contribution in [1.29, 1.82) is 0 Å². The van der Waals surface area contributed by atoms with Gasteiger partial charge in [-0.1, -0.05) is 12.1 Å². The van der Waals surface area contributed by atoms with Crippen molar-refractivity contribution in [2.24, 2.45) is 0 Å². The van der Waals surface area contributed by atoms with Gasteiger partial charge in [0.15, 0.2) is 0 Å². The number of amides is 3. The summed E-state index contributed by atoms with van der Waals surface area (Å²) in [6, 6.07) is 10.4. The summed E-state index contributed by atoms with van der Waals surface area (Å²) in [7, 11) is 0. The Bertz CT molecular complexity index is 682. The SMILES string of the molecule is CC(C)(CO)NC(=O)Cc1ccc(NC(=O)Nc2cccs2)cc1. The van der Waals surface area contributed by atoms with Crippen molar-refractivity contribution in [1.82, 2.24) is 5.32 Å². The largest absolute Gasteiger partial charge is 0.394 e. The lowest BCUT2D eigenvalue weighted by atomic mass is 10.1. The molecular weight excluding hydrogens is 326 g/mol. The molecule has 7 heteroatoms. The second-order valence-electron chi connectivity index (χ2n) is 6.02. The molecule has 0 spiro atoms. The molecule has 4 N–H and O–H groups in total. The van der Waals surface area contributed by atoms with Crippen LogP contribution in [0.2, 0.25) is 0 Å². The van der Waals surface area contributed by atoms with Crippen LogP contribution in [0.15, 0.2) is 41.8 Å². The molecule has 0 saturated heterocycles. The summed E-state index contributed by atoms with van der Waals surface area (Å²) >= 11 is 1.44. The zero-order valence-corrected chi connectivity index (χ0v) is 14.4. The van der Waals surface area contributed by atoms with Crippen molar-refractivity contribution in [2.45, 2.75) is 25.8 Å². The highest BCUT2D eigenvalue weighted by Gasteiger charge is 2.18. The van der Waals surface area contributed by atoms with Crippen LogP contribution in [0, 0.1) is 0 Å². The van der Waals surface area contributed by atoms with Crippen LogP contribution in [0.25, 0.3) is 0 Å². The number of nitrogens with one attached hydrogen (secondary N) is 3. The Labute approximate surface area is 144 Å². The average molecular weight is 347 g/mol. The first-order valence-corrected chi connectivity index (χ1v) is 8.38. The number of urea groups is 1. The fourth-order valence-electron chi connectivity index (χ4n) is 1.98. The summed E-state index contributed by atoms with van der Waals surface area (Å²) in [4.78, 5) is 23.8. The Morgan fingerprint density at radius 1 is 1.12 bits per heavy atom. The van der Waals surface area contributed by atoms with Gasteiger partial charge in [0.1, 0.15) is 0 Å². The lowest BCUT2D eigenvalue weighted by Crippen LogP contribution is -2.46. The molecule has 0 fully saturated rings. The van der Waals surface area contributed by atoms with Crippen molar-refractivity contribution >= 4 is 34.0 Å². The van der Waals surface area contributed by atoms with E-state index in [-0.39, 0.29) is 25.0 Å². The van der Waals surface area contributed by atoms with Crippen LogP contribution >= 0.6 is 11.3 Å². The zero-order chi connectivity index (χ0) is 17.6. The number of thiophene rings is 1. The third-order valence-corrected chi connectivity index (χ3v) is 3.99. The molecule has 1 aromatic carbocycles. The van der Waals surface area contributed by atoms with Crippen molar-refractivity contribution in [2.75, 3.05) is 17.2 Å². The molecule has 1 heterocycles. The number of rotatable bonds is 6. The Kier molecular flexibility index (Phi) is 5.94. The topological polar surface area (TPSA) is 90.5 Å². The van der Waals surface area contributed by atoms with Gasteiger partial charge in [0.25, 0.3) is 0 Å². The second-order valence-corrected chi connectivity index (χ2v) is 6.97. The number of carbonyl (C=O) groups is 2. The molecule has 0 saturated carbocycles. The molecule has 0 bridgehead atoms. The molecule has 1 aromatic heterocycles. The van der Waals surface area contributed by atoms with Crippen LogP contribution < -0.4 is 16.0 Å². The number of anilines is 2. The minimum absolute atomic E-state index is 0.124. The first kappa shape index (κ1) is 18.0. The molecule has 0 aliphatic heterocycles. The van der Waals surface area contributed by atoms with Crippen LogP contribution in [-0.2, 0) is 11.2 Å². The van der Waals surface area contributed by atoms with E-state index in [9.17, 15) is 9.59 Å². The number of hydrogen-bond donors (Lipinski definition) is 4. The van der Waals surface area contributed by atoms with Crippen LogP contribution in [0.4, 0.5) is 15.5 Å². The number of carbonyl (C=O) groups excluding carboxylic acids is 2. The van der Waals surface area contributed by atoms with E-state index in [4.69, 9.17) is 5.11 Å². The minimum Gasteiger partial charge on any atom is -0.394 e. The van der Waals surface area contributed by atoms with Gasteiger partial charge in [0.2, 0.25) is 5.91 Å². The van der Waals surface area contributed by atoms with Crippen LogP contribution in [0.3, 0.4) is 0 Å². The normalized spacial score (nSPS) is 11.0.